The molecule has 0 radical (unpaired) electrons. The van der Waals surface area contributed by atoms with E-state index in [1.807, 2.05) is 0 Å². The summed E-state index contributed by atoms with van der Waals surface area (Å²) in [7, 11) is 0. The molecule has 0 aliphatic carbocycles. The highest BCUT2D eigenvalue weighted by Gasteiger charge is 2.76. The molecule has 2 heterocycles. The highest BCUT2D eigenvalue weighted by molar-refractivity contribution is 6.03. The van der Waals surface area contributed by atoms with Crippen LogP contribution in [-0.2, 0) is 18.9 Å². The van der Waals surface area contributed by atoms with Gasteiger partial charge >= 0.3 is 29.8 Å². The second-order valence-electron chi connectivity index (χ2n) is 11.6. The van der Waals surface area contributed by atoms with Gasteiger partial charge in [-0.15, -0.1) is 0 Å². The van der Waals surface area contributed by atoms with E-state index in [1.165, 1.54) is 91.0 Å². The van der Waals surface area contributed by atoms with Crippen molar-refractivity contribution in [3.8, 4) is 0 Å². The van der Waals surface area contributed by atoms with E-state index in [2.05, 4.69) is 10.3 Å². The number of halogens is 3. The normalized spacial score (nSPS) is 19.5. The van der Waals surface area contributed by atoms with Gasteiger partial charge in [0.1, 0.15) is 18.5 Å². The summed E-state index contributed by atoms with van der Waals surface area (Å²) in [5.74, 6) is -4.72. The number of aromatic nitrogens is 2. The van der Waals surface area contributed by atoms with Gasteiger partial charge in [0.05, 0.1) is 16.7 Å². The number of hydrogen-bond acceptors (Lipinski definition) is 10. The summed E-state index contributed by atoms with van der Waals surface area (Å²) >= 11 is 0. The van der Waals surface area contributed by atoms with Gasteiger partial charge in [-0.3, -0.25) is 9.36 Å². The summed E-state index contributed by atoms with van der Waals surface area (Å²) in [5, 5.41) is 2.39. The summed E-state index contributed by atoms with van der Waals surface area (Å²) in [6.45, 7) is -0.953. The van der Waals surface area contributed by atoms with Crippen molar-refractivity contribution in [3.63, 3.8) is 0 Å². The number of ether oxygens (including phenoxy) is 4. The number of carbonyl (C=O) groups is 4. The van der Waals surface area contributed by atoms with Crippen molar-refractivity contribution < 1.29 is 51.3 Å². The molecule has 1 N–H and O–H groups in total. The van der Waals surface area contributed by atoms with Gasteiger partial charge in [-0.2, -0.15) is 18.2 Å². The van der Waals surface area contributed by atoms with Crippen molar-refractivity contribution in [1.29, 1.82) is 0 Å². The first-order valence-electron chi connectivity index (χ1n) is 15.9. The fraction of sp³-hybridized carbons (Fsp3) is 0.158. The molecule has 1 aliphatic rings. The maximum Gasteiger partial charge on any atom is 0.436 e. The van der Waals surface area contributed by atoms with Gasteiger partial charge < -0.3 is 24.3 Å². The Morgan fingerprint density at radius 1 is 0.717 bits per heavy atom. The molecule has 53 heavy (non-hydrogen) atoms. The van der Waals surface area contributed by atoms with Gasteiger partial charge in [-0.05, 0) is 54.6 Å². The molecule has 0 spiro atoms. The zero-order chi connectivity index (χ0) is 37.6. The maximum atomic E-state index is 15.9. The van der Waals surface area contributed by atoms with Crippen LogP contribution in [0.15, 0.2) is 138 Å². The van der Waals surface area contributed by atoms with Crippen molar-refractivity contribution >= 4 is 29.6 Å². The summed E-state index contributed by atoms with van der Waals surface area (Å²) in [5.41, 5.74) is -5.55. The van der Waals surface area contributed by atoms with Crippen LogP contribution in [0.4, 0.5) is 19.0 Å². The van der Waals surface area contributed by atoms with Gasteiger partial charge in [0.15, 0.2) is 12.3 Å². The molecule has 2 unspecified atom stereocenters. The molecule has 1 fully saturated rings. The monoisotopic (exact) mass is 727 g/mol. The van der Waals surface area contributed by atoms with Crippen molar-refractivity contribution in [1.82, 2.24) is 9.55 Å². The number of nitrogens with zero attached hydrogens (tertiary/aromatic N) is 2. The smallest absolute Gasteiger partial charge is 0.436 e. The molecule has 1 aromatic heterocycles. The van der Waals surface area contributed by atoms with Gasteiger partial charge in [0.2, 0.25) is 0 Å². The van der Waals surface area contributed by atoms with E-state index in [0.29, 0.717) is 4.57 Å². The molecule has 0 saturated carbocycles. The third-order valence-corrected chi connectivity index (χ3v) is 8.14. The van der Waals surface area contributed by atoms with Crippen LogP contribution in [0.2, 0.25) is 0 Å². The molecule has 5 aromatic rings. The predicted octanol–water partition coefficient (Wildman–Crippen LogP) is 5.63. The lowest BCUT2D eigenvalue weighted by Gasteiger charge is -2.38. The zero-order valence-electron chi connectivity index (χ0n) is 27.3. The summed E-state index contributed by atoms with van der Waals surface area (Å²) < 4.78 is 70.0. The number of nitrogens with one attached hydrogen (secondary N) is 1. The highest BCUT2D eigenvalue weighted by Crippen LogP contribution is 2.52. The predicted molar refractivity (Wildman–Crippen MR) is 180 cm³/mol. The van der Waals surface area contributed by atoms with Gasteiger partial charge in [0, 0.05) is 11.8 Å². The Kier molecular flexibility index (Phi) is 10.5. The Bertz CT molecular complexity index is 2150. The standard InChI is InChI=1S/C38H28F3N3O9/c39-38(40,41)37(53-34(48)27-19-11-4-12-20-27)30(52-33(47)26-17-9-3-10-18-26)28(23-50-32(46)25-15-7-2-8-16-25)51-35(37)44-22-21-29(43-36(44)49)42-31(45)24-13-5-1-6-14-24/h1-22,28,30,35H,23H2,(H,42,43,45,49)/t28?,30-,35+,37?/m0/s1. The average molecular weight is 728 g/mol. The maximum absolute atomic E-state index is 15.9. The Morgan fingerprint density at radius 2 is 1.21 bits per heavy atom. The van der Waals surface area contributed by atoms with Crippen molar-refractivity contribution in [3.05, 3.63) is 166 Å². The van der Waals surface area contributed by atoms with E-state index >= 15 is 13.2 Å². The van der Waals surface area contributed by atoms with Gasteiger partial charge in [-0.1, -0.05) is 72.8 Å². The second kappa shape index (κ2) is 15.3. The SMILES string of the molecule is O=C(Nc1ccn([C@@H]2OC(COC(=O)c3ccccc3)[C@H](OC(=O)c3ccccc3)C2(OC(=O)c2ccccc2)C(F)(F)F)c(=O)n1)c1ccccc1. The quantitative estimate of drug-likeness (QED) is 0.142. The molecule has 1 amide bonds. The van der Waals surface area contributed by atoms with Crippen LogP contribution in [0.25, 0.3) is 0 Å². The van der Waals surface area contributed by atoms with Crippen molar-refractivity contribution in [2.24, 2.45) is 0 Å². The molecule has 4 aromatic carbocycles. The number of alkyl halides is 3. The van der Waals surface area contributed by atoms with E-state index < -0.39 is 66.3 Å². The molecule has 0 bridgehead atoms. The fourth-order valence-electron chi connectivity index (χ4n) is 5.58. The molecule has 12 nitrogen and oxygen atoms in total. The minimum Gasteiger partial charge on any atom is -0.459 e. The Labute approximate surface area is 298 Å². The number of carbonyl (C=O) groups excluding carboxylic acids is 4. The molecular formula is C38H28F3N3O9. The molecule has 270 valence electrons. The van der Waals surface area contributed by atoms with E-state index in [0.717, 1.165) is 12.3 Å². The van der Waals surface area contributed by atoms with Gasteiger partial charge in [0.25, 0.3) is 11.5 Å². The summed E-state index contributed by atoms with van der Waals surface area (Å²) in [6, 6.07) is 30.1. The van der Waals surface area contributed by atoms with Crippen LogP contribution in [0.5, 0.6) is 0 Å². The third kappa shape index (κ3) is 7.69. The van der Waals surface area contributed by atoms with Crippen LogP contribution in [0.1, 0.15) is 47.7 Å². The number of anilines is 1. The Morgan fingerprint density at radius 3 is 1.72 bits per heavy atom. The lowest BCUT2D eigenvalue weighted by molar-refractivity contribution is -0.302. The molecule has 4 atom stereocenters. The van der Waals surface area contributed by atoms with Crippen molar-refractivity contribution in [2.75, 3.05) is 11.9 Å². The van der Waals surface area contributed by atoms with E-state index in [-0.39, 0.29) is 28.1 Å². The minimum absolute atomic E-state index is 0.0472. The van der Waals surface area contributed by atoms with Crippen LogP contribution >= 0.6 is 0 Å². The molecule has 15 heteroatoms. The van der Waals surface area contributed by atoms with E-state index in [4.69, 9.17) is 18.9 Å². The van der Waals surface area contributed by atoms with Crippen LogP contribution in [-0.4, -0.2) is 64.0 Å². The highest BCUT2D eigenvalue weighted by atomic mass is 19.4. The number of hydrogen-bond donors (Lipinski definition) is 1. The number of benzene rings is 4. The first kappa shape index (κ1) is 36.2. The largest absolute Gasteiger partial charge is 0.459 e. The lowest BCUT2D eigenvalue weighted by Crippen LogP contribution is -2.62. The average Bonchev–Trinajstić information content (AvgIpc) is 3.48. The number of amides is 1. The Balaban J connectivity index is 1.45. The molecule has 6 rings (SSSR count). The minimum atomic E-state index is -5.64. The third-order valence-electron chi connectivity index (χ3n) is 8.14. The summed E-state index contributed by atoms with van der Waals surface area (Å²) in [6.07, 6.45) is -12.0. The zero-order valence-corrected chi connectivity index (χ0v) is 27.3. The number of rotatable bonds is 10. The van der Waals surface area contributed by atoms with E-state index in [9.17, 15) is 24.0 Å². The second-order valence-corrected chi connectivity index (χ2v) is 11.6. The molecule has 1 aliphatic heterocycles. The first-order chi connectivity index (χ1) is 25.5. The number of esters is 3. The van der Waals surface area contributed by atoms with Gasteiger partial charge in [-0.25, -0.2) is 19.2 Å². The Hall–Kier alpha value is -6.61. The first-order valence-corrected chi connectivity index (χ1v) is 15.9. The summed E-state index contributed by atoms with van der Waals surface area (Å²) in [4.78, 5) is 69.9. The van der Waals surface area contributed by atoms with Crippen LogP contribution in [0, 0.1) is 0 Å². The van der Waals surface area contributed by atoms with E-state index in [1.54, 1.807) is 30.3 Å². The lowest BCUT2D eigenvalue weighted by atomic mass is 9.91. The fourth-order valence-corrected chi connectivity index (χ4v) is 5.58. The molecular weight excluding hydrogens is 699 g/mol. The topological polar surface area (TPSA) is 152 Å². The van der Waals surface area contributed by atoms with Crippen LogP contribution < -0.4 is 11.0 Å². The van der Waals surface area contributed by atoms with Crippen molar-refractivity contribution in [2.45, 2.75) is 30.2 Å². The van der Waals surface area contributed by atoms with Crippen LogP contribution in [0.3, 0.4) is 0 Å². The molecule has 1 saturated heterocycles.